The zero-order valence-corrected chi connectivity index (χ0v) is 10.4. The normalized spacial score (nSPS) is 11.8. The van der Waals surface area contributed by atoms with Crippen molar-refractivity contribution in [1.29, 1.82) is 0 Å². The monoisotopic (exact) mass is 274 g/mol. The highest BCUT2D eigenvalue weighted by Crippen LogP contribution is 2.42. The van der Waals surface area contributed by atoms with E-state index in [4.69, 9.17) is 0 Å². The summed E-state index contributed by atoms with van der Waals surface area (Å²) in [5.74, 6) is -0.957. The smallest absolute Gasteiger partial charge is 0.418 e. The average Bonchev–Trinajstić information content (AvgIpc) is 2.65. The van der Waals surface area contributed by atoms with Crippen LogP contribution in [-0.4, -0.2) is 13.1 Å². The molecule has 0 aliphatic carbocycles. The third kappa shape index (κ3) is 2.08. The van der Waals surface area contributed by atoms with E-state index >= 15 is 0 Å². The van der Waals surface area contributed by atoms with Crippen molar-refractivity contribution in [3.8, 4) is 0 Å². The van der Waals surface area contributed by atoms with Crippen molar-refractivity contribution in [2.24, 2.45) is 0 Å². The molecule has 0 aliphatic heterocycles. The SMILES string of the molecule is COC(=O)c1sc2ccc(C)cc2c1C(F)(F)F. The molecule has 2 rings (SSSR count). The molecule has 0 fully saturated rings. The average molecular weight is 274 g/mol. The lowest BCUT2D eigenvalue weighted by atomic mass is 10.1. The summed E-state index contributed by atoms with van der Waals surface area (Å²) < 4.78 is 43.9. The van der Waals surface area contributed by atoms with Gasteiger partial charge in [-0.2, -0.15) is 13.2 Å². The second-order valence-electron chi connectivity index (χ2n) is 3.80. The van der Waals surface area contributed by atoms with Gasteiger partial charge in [0.1, 0.15) is 4.88 Å². The number of aryl methyl sites for hydroxylation is 1. The summed E-state index contributed by atoms with van der Waals surface area (Å²) in [4.78, 5) is 11.0. The number of carbonyl (C=O) groups is 1. The zero-order chi connectivity index (χ0) is 13.5. The molecule has 0 saturated carbocycles. The Hall–Kier alpha value is -1.56. The second-order valence-corrected chi connectivity index (χ2v) is 4.85. The van der Waals surface area contributed by atoms with Crippen molar-refractivity contribution < 1.29 is 22.7 Å². The van der Waals surface area contributed by atoms with E-state index in [0.717, 1.165) is 18.4 Å². The molecular weight excluding hydrogens is 265 g/mol. The predicted molar refractivity (Wildman–Crippen MR) is 62.9 cm³/mol. The molecule has 18 heavy (non-hydrogen) atoms. The Bertz CT molecular complexity index is 614. The number of carbonyl (C=O) groups excluding carboxylic acids is 1. The molecule has 2 aromatic rings. The molecule has 0 amide bonds. The summed E-state index contributed by atoms with van der Waals surface area (Å²) in [6.45, 7) is 1.70. The van der Waals surface area contributed by atoms with E-state index in [2.05, 4.69) is 4.74 Å². The lowest BCUT2D eigenvalue weighted by molar-refractivity contribution is -0.136. The maximum atomic E-state index is 13.0. The Morgan fingerprint density at radius 3 is 2.56 bits per heavy atom. The van der Waals surface area contributed by atoms with Gasteiger partial charge in [0.2, 0.25) is 0 Å². The third-order valence-corrected chi connectivity index (χ3v) is 3.65. The summed E-state index contributed by atoms with van der Waals surface area (Å²) in [6, 6.07) is 4.72. The summed E-state index contributed by atoms with van der Waals surface area (Å²) in [5.41, 5.74) is -0.194. The molecule has 0 spiro atoms. The van der Waals surface area contributed by atoms with Crippen LogP contribution in [0.3, 0.4) is 0 Å². The van der Waals surface area contributed by atoms with Crippen LogP contribution in [0.25, 0.3) is 10.1 Å². The minimum absolute atomic E-state index is 0.0490. The largest absolute Gasteiger partial charge is 0.465 e. The Labute approximate surface area is 105 Å². The van der Waals surface area contributed by atoms with Gasteiger partial charge >= 0.3 is 12.1 Å². The van der Waals surface area contributed by atoms with Gasteiger partial charge < -0.3 is 4.74 Å². The van der Waals surface area contributed by atoms with Gasteiger partial charge in [-0.3, -0.25) is 0 Å². The zero-order valence-electron chi connectivity index (χ0n) is 9.59. The van der Waals surface area contributed by atoms with Crippen LogP contribution in [0.1, 0.15) is 20.8 Å². The number of thiophene rings is 1. The number of alkyl halides is 3. The number of hydrogen-bond acceptors (Lipinski definition) is 3. The fraction of sp³-hybridized carbons (Fsp3) is 0.250. The molecule has 0 unspecified atom stereocenters. The van der Waals surface area contributed by atoms with E-state index in [1.165, 1.54) is 6.07 Å². The fourth-order valence-corrected chi connectivity index (χ4v) is 2.85. The van der Waals surface area contributed by atoms with Crippen LogP contribution >= 0.6 is 11.3 Å². The molecule has 1 aromatic carbocycles. The van der Waals surface area contributed by atoms with Crippen LogP contribution in [0.4, 0.5) is 13.2 Å². The molecule has 96 valence electrons. The standard InChI is InChI=1S/C12H9F3O2S/c1-6-3-4-8-7(5-6)9(12(13,14)15)10(18-8)11(16)17-2/h3-5H,1-2H3. The minimum Gasteiger partial charge on any atom is -0.465 e. The topological polar surface area (TPSA) is 26.3 Å². The molecule has 2 nitrogen and oxygen atoms in total. The van der Waals surface area contributed by atoms with Crippen LogP contribution in [0.5, 0.6) is 0 Å². The van der Waals surface area contributed by atoms with E-state index in [0.29, 0.717) is 10.3 Å². The number of methoxy groups -OCH3 is 1. The first-order valence-electron chi connectivity index (χ1n) is 5.03. The number of fused-ring (bicyclic) bond motifs is 1. The van der Waals surface area contributed by atoms with Crippen molar-refractivity contribution in [2.75, 3.05) is 7.11 Å². The third-order valence-electron chi connectivity index (χ3n) is 2.50. The van der Waals surface area contributed by atoms with Crippen molar-refractivity contribution in [3.05, 3.63) is 34.2 Å². The first-order valence-corrected chi connectivity index (χ1v) is 5.85. The molecule has 0 atom stereocenters. The number of rotatable bonds is 1. The first-order chi connectivity index (χ1) is 8.34. The molecule has 0 aliphatic rings. The molecule has 1 aromatic heterocycles. The quantitative estimate of drug-likeness (QED) is 0.734. The Morgan fingerprint density at radius 2 is 2.00 bits per heavy atom. The summed E-state index contributed by atoms with van der Waals surface area (Å²) >= 11 is 0.798. The Morgan fingerprint density at radius 1 is 1.33 bits per heavy atom. The van der Waals surface area contributed by atoms with Gasteiger partial charge in [0.15, 0.2) is 0 Å². The van der Waals surface area contributed by atoms with Crippen molar-refractivity contribution in [2.45, 2.75) is 13.1 Å². The van der Waals surface area contributed by atoms with Crippen molar-refractivity contribution >= 4 is 27.4 Å². The van der Waals surface area contributed by atoms with Crippen molar-refractivity contribution in [3.63, 3.8) is 0 Å². The van der Waals surface area contributed by atoms with Gasteiger partial charge in [0, 0.05) is 10.1 Å². The van der Waals surface area contributed by atoms with E-state index in [9.17, 15) is 18.0 Å². The molecular formula is C12H9F3O2S. The second kappa shape index (κ2) is 4.28. The Balaban J connectivity index is 2.82. The maximum absolute atomic E-state index is 13.0. The number of benzene rings is 1. The summed E-state index contributed by atoms with van der Waals surface area (Å²) in [6.07, 6.45) is -4.57. The van der Waals surface area contributed by atoms with E-state index in [1.807, 2.05) is 0 Å². The highest BCUT2D eigenvalue weighted by Gasteiger charge is 2.39. The Kier molecular flexibility index (Phi) is 3.06. The van der Waals surface area contributed by atoms with Crippen LogP contribution in [-0.2, 0) is 10.9 Å². The molecule has 0 N–H and O–H groups in total. The predicted octanol–water partition coefficient (Wildman–Crippen LogP) is 4.02. The van der Waals surface area contributed by atoms with Crippen LogP contribution in [0, 0.1) is 6.92 Å². The summed E-state index contributed by atoms with van der Waals surface area (Å²) in [7, 11) is 1.07. The maximum Gasteiger partial charge on any atom is 0.418 e. The number of ether oxygens (including phenoxy) is 1. The van der Waals surface area contributed by atoms with Gasteiger partial charge in [0.25, 0.3) is 0 Å². The van der Waals surface area contributed by atoms with Gasteiger partial charge in [0.05, 0.1) is 12.7 Å². The summed E-state index contributed by atoms with van der Waals surface area (Å²) in [5, 5.41) is 0.0490. The number of esters is 1. The minimum atomic E-state index is -4.57. The molecule has 0 saturated heterocycles. The molecule has 1 heterocycles. The highest BCUT2D eigenvalue weighted by molar-refractivity contribution is 7.21. The van der Waals surface area contributed by atoms with Crippen LogP contribution in [0.2, 0.25) is 0 Å². The lowest BCUT2D eigenvalue weighted by Crippen LogP contribution is -2.11. The fourth-order valence-electron chi connectivity index (χ4n) is 1.73. The van der Waals surface area contributed by atoms with Crippen LogP contribution < -0.4 is 0 Å². The molecule has 0 bridgehead atoms. The highest BCUT2D eigenvalue weighted by atomic mass is 32.1. The first kappa shape index (κ1) is 12.9. The van der Waals surface area contributed by atoms with E-state index in [1.54, 1.807) is 19.1 Å². The molecule has 0 radical (unpaired) electrons. The van der Waals surface area contributed by atoms with E-state index in [-0.39, 0.29) is 5.39 Å². The van der Waals surface area contributed by atoms with Gasteiger partial charge in [-0.25, -0.2) is 4.79 Å². The van der Waals surface area contributed by atoms with E-state index < -0.39 is 22.6 Å². The molecule has 6 heteroatoms. The van der Waals surface area contributed by atoms with Gasteiger partial charge in [-0.15, -0.1) is 11.3 Å². The number of halogens is 3. The van der Waals surface area contributed by atoms with Crippen molar-refractivity contribution in [1.82, 2.24) is 0 Å². The lowest BCUT2D eigenvalue weighted by Gasteiger charge is -2.07. The number of hydrogen-bond donors (Lipinski definition) is 0. The van der Waals surface area contributed by atoms with Crippen LogP contribution in [0.15, 0.2) is 18.2 Å². The van der Waals surface area contributed by atoms with Gasteiger partial charge in [-0.1, -0.05) is 11.6 Å². The van der Waals surface area contributed by atoms with Gasteiger partial charge in [-0.05, 0) is 19.1 Å².